The largest absolute Gasteiger partial charge is 0.317 e. The predicted octanol–water partition coefficient (Wildman–Crippen LogP) is 1.81. The molecule has 0 saturated carbocycles. The lowest BCUT2D eigenvalue weighted by atomic mass is 9.97. The highest BCUT2D eigenvalue weighted by Crippen LogP contribution is 2.23. The third-order valence-electron chi connectivity index (χ3n) is 3.81. The summed E-state index contributed by atoms with van der Waals surface area (Å²) < 4.78 is 0. The molecule has 3 heteroatoms. The number of piperidine rings is 1. The molecule has 15 heavy (non-hydrogen) atoms. The maximum absolute atomic E-state index is 3.45. The van der Waals surface area contributed by atoms with Gasteiger partial charge in [-0.1, -0.05) is 0 Å². The lowest BCUT2D eigenvalue weighted by Crippen LogP contribution is -2.39. The van der Waals surface area contributed by atoms with Crippen LogP contribution in [0.3, 0.4) is 0 Å². The van der Waals surface area contributed by atoms with Crippen LogP contribution in [0.25, 0.3) is 0 Å². The van der Waals surface area contributed by atoms with E-state index in [0.29, 0.717) is 0 Å². The average Bonchev–Trinajstić information content (AvgIpc) is 2.68. The zero-order valence-corrected chi connectivity index (χ0v) is 10.7. The molecule has 88 valence electrons. The van der Waals surface area contributed by atoms with Gasteiger partial charge in [-0.2, -0.15) is 11.8 Å². The van der Waals surface area contributed by atoms with Crippen LogP contribution in [0.15, 0.2) is 0 Å². The molecule has 2 saturated heterocycles. The van der Waals surface area contributed by atoms with Gasteiger partial charge in [0.25, 0.3) is 0 Å². The van der Waals surface area contributed by atoms with Crippen molar-refractivity contribution in [2.45, 2.75) is 31.7 Å². The van der Waals surface area contributed by atoms with E-state index >= 15 is 0 Å². The molecular formula is C12H24N2S. The summed E-state index contributed by atoms with van der Waals surface area (Å²) in [7, 11) is 0. The predicted molar refractivity (Wildman–Crippen MR) is 68.6 cm³/mol. The number of rotatable bonds is 4. The summed E-state index contributed by atoms with van der Waals surface area (Å²) in [6, 6.07) is 0.884. The second-order valence-corrected chi connectivity index (χ2v) is 5.85. The fourth-order valence-corrected chi connectivity index (χ4v) is 3.67. The molecule has 0 aliphatic carbocycles. The first-order chi connectivity index (χ1) is 7.40. The van der Waals surface area contributed by atoms with Gasteiger partial charge in [0.15, 0.2) is 0 Å². The quantitative estimate of drug-likeness (QED) is 0.790. The van der Waals surface area contributed by atoms with Crippen molar-refractivity contribution in [2.75, 3.05) is 38.2 Å². The molecule has 2 nitrogen and oxygen atoms in total. The van der Waals surface area contributed by atoms with Crippen LogP contribution in [0.5, 0.6) is 0 Å². The molecule has 0 amide bonds. The minimum Gasteiger partial charge on any atom is -0.317 e. The standard InChI is InChI=1S/C12H24N2S/c1-15-10-12-3-2-8-14(12)9-11-4-6-13-7-5-11/h11-13H,2-10H2,1H3. The van der Waals surface area contributed by atoms with E-state index in [0.717, 1.165) is 12.0 Å². The van der Waals surface area contributed by atoms with Gasteiger partial charge < -0.3 is 5.32 Å². The van der Waals surface area contributed by atoms with E-state index in [9.17, 15) is 0 Å². The van der Waals surface area contributed by atoms with Crippen molar-refractivity contribution in [3.8, 4) is 0 Å². The molecule has 0 aromatic carbocycles. The highest BCUT2D eigenvalue weighted by atomic mass is 32.2. The van der Waals surface area contributed by atoms with Crippen LogP contribution in [-0.4, -0.2) is 49.1 Å². The van der Waals surface area contributed by atoms with Crippen LogP contribution in [0, 0.1) is 5.92 Å². The number of likely N-dealkylation sites (tertiary alicyclic amines) is 1. The maximum Gasteiger partial charge on any atom is 0.0186 e. The molecular weight excluding hydrogens is 204 g/mol. The van der Waals surface area contributed by atoms with Crippen LogP contribution < -0.4 is 5.32 Å². The summed E-state index contributed by atoms with van der Waals surface area (Å²) in [5.74, 6) is 2.30. The SMILES string of the molecule is CSCC1CCCN1CC1CCNCC1. The van der Waals surface area contributed by atoms with Crippen LogP contribution in [0.4, 0.5) is 0 Å². The molecule has 2 aliphatic heterocycles. The zero-order valence-electron chi connectivity index (χ0n) is 9.87. The van der Waals surface area contributed by atoms with Crippen LogP contribution in [0.2, 0.25) is 0 Å². The Labute approximate surface area is 98.2 Å². The van der Waals surface area contributed by atoms with Gasteiger partial charge in [0.1, 0.15) is 0 Å². The molecule has 0 spiro atoms. The molecule has 0 bridgehead atoms. The normalized spacial score (nSPS) is 29.8. The van der Waals surface area contributed by atoms with Gasteiger partial charge in [-0.3, -0.25) is 4.90 Å². The van der Waals surface area contributed by atoms with Crippen molar-refractivity contribution < 1.29 is 0 Å². The van der Waals surface area contributed by atoms with Gasteiger partial charge >= 0.3 is 0 Å². The van der Waals surface area contributed by atoms with Gasteiger partial charge in [0, 0.05) is 18.3 Å². The lowest BCUT2D eigenvalue weighted by Gasteiger charge is -2.31. The van der Waals surface area contributed by atoms with E-state index in [1.165, 1.54) is 57.6 Å². The van der Waals surface area contributed by atoms with Crippen molar-refractivity contribution in [1.82, 2.24) is 10.2 Å². The number of thioether (sulfide) groups is 1. The van der Waals surface area contributed by atoms with E-state index in [1.54, 1.807) is 0 Å². The smallest absolute Gasteiger partial charge is 0.0186 e. The van der Waals surface area contributed by atoms with Crippen molar-refractivity contribution in [3.63, 3.8) is 0 Å². The summed E-state index contributed by atoms with van der Waals surface area (Å²) >= 11 is 2.01. The fourth-order valence-electron chi connectivity index (χ4n) is 2.91. The second kappa shape index (κ2) is 6.12. The van der Waals surface area contributed by atoms with Crippen molar-refractivity contribution in [2.24, 2.45) is 5.92 Å². The summed E-state index contributed by atoms with van der Waals surface area (Å²) in [6.07, 6.45) is 7.88. The van der Waals surface area contributed by atoms with Gasteiger partial charge in [0.2, 0.25) is 0 Å². The van der Waals surface area contributed by atoms with Crippen LogP contribution in [-0.2, 0) is 0 Å². The topological polar surface area (TPSA) is 15.3 Å². The molecule has 2 heterocycles. The van der Waals surface area contributed by atoms with Gasteiger partial charge in [0.05, 0.1) is 0 Å². The first-order valence-electron chi connectivity index (χ1n) is 6.34. The third kappa shape index (κ3) is 3.36. The summed E-state index contributed by atoms with van der Waals surface area (Å²) in [5, 5.41) is 3.45. The fraction of sp³-hybridized carbons (Fsp3) is 1.00. The molecule has 0 aromatic heterocycles. The van der Waals surface area contributed by atoms with E-state index < -0.39 is 0 Å². The van der Waals surface area contributed by atoms with Gasteiger partial charge in [-0.25, -0.2) is 0 Å². The summed E-state index contributed by atoms with van der Waals surface area (Å²) in [5.41, 5.74) is 0. The zero-order chi connectivity index (χ0) is 10.5. The average molecular weight is 228 g/mol. The van der Waals surface area contributed by atoms with E-state index in [4.69, 9.17) is 0 Å². The molecule has 1 atom stereocenters. The Kier molecular flexibility index (Phi) is 4.79. The van der Waals surface area contributed by atoms with E-state index in [2.05, 4.69) is 16.5 Å². The number of hydrogen-bond donors (Lipinski definition) is 1. The Morgan fingerprint density at radius 1 is 1.27 bits per heavy atom. The highest BCUT2D eigenvalue weighted by molar-refractivity contribution is 7.98. The number of nitrogens with one attached hydrogen (secondary N) is 1. The number of nitrogens with zero attached hydrogens (tertiary/aromatic N) is 1. The Balaban J connectivity index is 1.76. The Morgan fingerprint density at radius 3 is 2.80 bits per heavy atom. The highest BCUT2D eigenvalue weighted by Gasteiger charge is 2.26. The molecule has 1 N–H and O–H groups in total. The maximum atomic E-state index is 3.45. The van der Waals surface area contributed by atoms with Crippen molar-refractivity contribution in [1.29, 1.82) is 0 Å². The monoisotopic (exact) mass is 228 g/mol. The summed E-state index contributed by atoms with van der Waals surface area (Å²) in [6.45, 7) is 5.21. The van der Waals surface area contributed by atoms with E-state index in [-0.39, 0.29) is 0 Å². The first-order valence-corrected chi connectivity index (χ1v) is 7.73. The number of hydrogen-bond acceptors (Lipinski definition) is 3. The molecule has 2 rings (SSSR count). The second-order valence-electron chi connectivity index (χ2n) is 4.94. The molecule has 0 aromatic rings. The lowest BCUT2D eigenvalue weighted by molar-refractivity contribution is 0.203. The Morgan fingerprint density at radius 2 is 2.07 bits per heavy atom. The Hall–Kier alpha value is 0.270. The van der Waals surface area contributed by atoms with Crippen LogP contribution in [0.1, 0.15) is 25.7 Å². The van der Waals surface area contributed by atoms with Crippen molar-refractivity contribution >= 4 is 11.8 Å². The molecule has 2 fully saturated rings. The minimum atomic E-state index is 0.884. The molecule has 0 radical (unpaired) electrons. The van der Waals surface area contributed by atoms with Gasteiger partial charge in [-0.15, -0.1) is 0 Å². The minimum absolute atomic E-state index is 0.884. The third-order valence-corrected chi connectivity index (χ3v) is 4.53. The van der Waals surface area contributed by atoms with Crippen molar-refractivity contribution in [3.05, 3.63) is 0 Å². The molecule has 1 unspecified atom stereocenters. The van der Waals surface area contributed by atoms with Gasteiger partial charge in [-0.05, 0) is 57.5 Å². The molecule has 2 aliphatic rings. The Bertz CT molecular complexity index is 180. The van der Waals surface area contributed by atoms with E-state index in [1.807, 2.05) is 11.8 Å². The van der Waals surface area contributed by atoms with Crippen LogP contribution >= 0.6 is 11.8 Å². The summed E-state index contributed by atoms with van der Waals surface area (Å²) in [4.78, 5) is 2.76. The first kappa shape index (κ1) is 11.7.